The van der Waals surface area contributed by atoms with Crippen molar-refractivity contribution < 1.29 is 4.74 Å². The van der Waals surface area contributed by atoms with Gasteiger partial charge in [0.1, 0.15) is 5.82 Å². The van der Waals surface area contributed by atoms with E-state index in [1.165, 1.54) is 5.56 Å². The van der Waals surface area contributed by atoms with Crippen molar-refractivity contribution >= 4 is 23.5 Å². The Bertz CT molecular complexity index is 1300. The van der Waals surface area contributed by atoms with Crippen LogP contribution < -0.4 is 10.3 Å². The van der Waals surface area contributed by atoms with E-state index in [0.29, 0.717) is 11.9 Å². The molecule has 6 rings (SSSR count). The van der Waals surface area contributed by atoms with E-state index in [2.05, 4.69) is 39.5 Å². The quantitative estimate of drug-likeness (QED) is 0.389. The summed E-state index contributed by atoms with van der Waals surface area (Å²) in [6.07, 6.45) is 6.70. The molecule has 3 aromatic heterocycles. The van der Waals surface area contributed by atoms with E-state index in [4.69, 9.17) is 14.8 Å². The lowest BCUT2D eigenvalue weighted by Crippen LogP contribution is -2.38. The summed E-state index contributed by atoms with van der Waals surface area (Å²) in [7, 11) is 0. The van der Waals surface area contributed by atoms with E-state index in [1.54, 1.807) is 12.4 Å². The van der Waals surface area contributed by atoms with Gasteiger partial charge < -0.3 is 9.64 Å². The lowest BCUT2D eigenvalue weighted by Gasteiger charge is -2.29. The zero-order chi connectivity index (χ0) is 21.5. The van der Waals surface area contributed by atoms with Crippen LogP contribution in [0.5, 0.6) is 0 Å². The first kappa shape index (κ1) is 18.9. The molecule has 2 fully saturated rings. The van der Waals surface area contributed by atoms with Crippen molar-refractivity contribution in [2.24, 2.45) is 5.10 Å². The van der Waals surface area contributed by atoms with E-state index in [9.17, 15) is 0 Å². The third-order valence-corrected chi connectivity index (χ3v) is 6.01. The maximum Gasteiger partial charge on any atom is 0.160 e. The Balaban J connectivity index is 1.38. The van der Waals surface area contributed by atoms with Crippen molar-refractivity contribution in [2.45, 2.75) is 25.5 Å². The smallest absolute Gasteiger partial charge is 0.160 e. The fraction of sp³-hybridized carbons (Fsp3) is 0.250. The van der Waals surface area contributed by atoms with Crippen molar-refractivity contribution in [2.75, 3.05) is 23.5 Å². The molecule has 8 nitrogen and oxygen atoms in total. The largest absolute Gasteiger partial charge is 0.374 e. The fourth-order valence-corrected chi connectivity index (χ4v) is 4.49. The van der Waals surface area contributed by atoms with Crippen molar-refractivity contribution in [3.05, 3.63) is 72.1 Å². The first-order valence-corrected chi connectivity index (χ1v) is 10.8. The topological polar surface area (TPSA) is 79.9 Å². The summed E-state index contributed by atoms with van der Waals surface area (Å²) in [5.74, 6) is 1.68. The minimum absolute atomic E-state index is 0.286. The number of anilines is 2. The van der Waals surface area contributed by atoms with E-state index in [-0.39, 0.29) is 6.10 Å². The molecule has 0 aliphatic carbocycles. The van der Waals surface area contributed by atoms with Gasteiger partial charge in [0.05, 0.1) is 30.7 Å². The molecule has 0 amide bonds. The average Bonchev–Trinajstić information content (AvgIpc) is 3.55. The third-order valence-electron chi connectivity index (χ3n) is 6.01. The molecule has 0 radical (unpaired) electrons. The highest BCUT2D eigenvalue weighted by atomic mass is 16.5. The number of hydrogen-bond acceptors (Lipinski definition) is 7. The highest BCUT2D eigenvalue weighted by Crippen LogP contribution is 2.34. The van der Waals surface area contributed by atoms with Gasteiger partial charge in [-0.1, -0.05) is 29.8 Å². The van der Waals surface area contributed by atoms with Crippen molar-refractivity contribution in [1.82, 2.24) is 19.6 Å². The molecule has 2 saturated heterocycles. The number of pyridine rings is 1. The molecule has 2 aliphatic heterocycles. The van der Waals surface area contributed by atoms with Crippen molar-refractivity contribution in [3.63, 3.8) is 0 Å². The maximum atomic E-state index is 5.81. The Hall–Kier alpha value is -3.78. The van der Waals surface area contributed by atoms with Crippen LogP contribution in [0.2, 0.25) is 0 Å². The first-order chi connectivity index (χ1) is 15.7. The van der Waals surface area contributed by atoms with Crippen LogP contribution in [0.3, 0.4) is 0 Å². The van der Waals surface area contributed by atoms with Gasteiger partial charge in [-0.2, -0.15) is 14.7 Å². The number of nitrogens with one attached hydrogen (secondary N) is 1. The van der Waals surface area contributed by atoms with E-state index in [0.717, 1.165) is 47.9 Å². The number of ether oxygens (including phenoxy) is 1. The van der Waals surface area contributed by atoms with E-state index >= 15 is 0 Å². The Kier molecular flexibility index (Phi) is 4.57. The van der Waals surface area contributed by atoms with Crippen LogP contribution in [0.4, 0.5) is 11.6 Å². The summed E-state index contributed by atoms with van der Waals surface area (Å²) >= 11 is 0. The van der Waals surface area contributed by atoms with Gasteiger partial charge in [-0.05, 0) is 31.0 Å². The molecule has 2 aliphatic rings. The predicted octanol–water partition coefficient (Wildman–Crippen LogP) is 3.52. The highest BCUT2D eigenvalue weighted by Gasteiger charge is 2.40. The van der Waals surface area contributed by atoms with Gasteiger partial charge >= 0.3 is 0 Å². The molecule has 32 heavy (non-hydrogen) atoms. The molecule has 5 heterocycles. The number of benzene rings is 1. The first-order valence-electron chi connectivity index (χ1n) is 10.8. The molecular weight excluding hydrogens is 402 g/mol. The summed E-state index contributed by atoms with van der Waals surface area (Å²) in [5.41, 5.74) is 7.99. The Morgan fingerprint density at radius 3 is 2.84 bits per heavy atom. The maximum absolute atomic E-state index is 5.81. The van der Waals surface area contributed by atoms with Crippen molar-refractivity contribution in [1.29, 1.82) is 0 Å². The van der Waals surface area contributed by atoms with Crippen LogP contribution in [-0.4, -0.2) is 51.1 Å². The monoisotopic (exact) mass is 425 g/mol. The van der Waals surface area contributed by atoms with Gasteiger partial charge in [0.25, 0.3) is 0 Å². The summed E-state index contributed by atoms with van der Waals surface area (Å²) in [6.45, 7) is 3.68. The molecular formula is C24H23N7O. The second-order valence-corrected chi connectivity index (χ2v) is 8.32. The number of hydrazone groups is 1. The van der Waals surface area contributed by atoms with Crippen LogP contribution in [0.1, 0.15) is 17.5 Å². The molecule has 4 aromatic rings. The SMILES string of the molecule is Cc1cccc(/C=N/Nc2cc(N3CC4C[C@H]3CO4)n3nc(-c4ccncc4)cc3n2)c1. The van der Waals surface area contributed by atoms with Crippen LogP contribution in [0.15, 0.2) is 66.0 Å². The van der Waals surface area contributed by atoms with E-state index in [1.807, 2.05) is 47.1 Å². The summed E-state index contributed by atoms with van der Waals surface area (Å²) in [6, 6.07) is 16.5. The van der Waals surface area contributed by atoms with Crippen molar-refractivity contribution in [3.8, 4) is 11.3 Å². The molecule has 2 bridgehead atoms. The Morgan fingerprint density at radius 1 is 1.16 bits per heavy atom. The van der Waals surface area contributed by atoms with Gasteiger partial charge in [-0.15, -0.1) is 0 Å². The summed E-state index contributed by atoms with van der Waals surface area (Å²) < 4.78 is 7.73. The zero-order valence-electron chi connectivity index (χ0n) is 17.7. The second kappa shape index (κ2) is 7.72. The standard InChI is InChI=1S/C24H23N7O/c1-16-3-2-4-17(9-16)13-26-28-22-12-24(30-14-20-10-19(30)15-32-20)31-23(27-22)11-21(29-31)18-5-7-25-8-6-18/h2-9,11-13,19-20H,10,14-15H2,1H3,(H,27,28)/b26-13+/t19-,20?/m0/s1. The summed E-state index contributed by atoms with van der Waals surface area (Å²) in [4.78, 5) is 11.3. The van der Waals surface area contributed by atoms with Gasteiger partial charge in [0.2, 0.25) is 0 Å². The van der Waals surface area contributed by atoms with E-state index < -0.39 is 0 Å². The number of rotatable bonds is 5. The normalized spacial score (nSPS) is 20.0. The average molecular weight is 425 g/mol. The fourth-order valence-electron chi connectivity index (χ4n) is 4.49. The van der Waals surface area contributed by atoms with Gasteiger partial charge in [-0.3, -0.25) is 10.4 Å². The van der Waals surface area contributed by atoms with Crippen LogP contribution in [0, 0.1) is 6.92 Å². The lowest BCUT2D eigenvalue weighted by atomic mass is 10.2. The van der Waals surface area contributed by atoms with Gasteiger partial charge in [0, 0.05) is 36.6 Å². The summed E-state index contributed by atoms with van der Waals surface area (Å²) in [5, 5.41) is 9.29. The highest BCUT2D eigenvalue weighted by molar-refractivity contribution is 5.80. The van der Waals surface area contributed by atoms with Gasteiger partial charge in [0.15, 0.2) is 11.5 Å². The zero-order valence-corrected chi connectivity index (χ0v) is 17.7. The number of hydrogen-bond donors (Lipinski definition) is 1. The second-order valence-electron chi connectivity index (χ2n) is 8.32. The number of morpholine rings is 1. The predicted molar refractivity (Wildman–Crippen MR) is 124 cm³/mol. The number of fused-ring (bicyclic) bond motifs is 3. The molecule has 1 unspecified atom stereocenters. The van der Waals surface area contributed by atoms with Crippen LogP contribution in [-0.2, 0) is 4.74 Å². The third kappa shape index (κ3) is 3.48. The molecule has 2 atom stereocenters. The molecule has 0 saturated carbocycles. The molecule has 160 valence electrons. The Morgan fingerprint density at radius 2 is 2.06 bits per heavy atom. The van der Waals surface area contributed by atoms with Crippen LogP contribution >= 0.6 is 0 Å². The van der Waals surface area contributed by atoms with Crippen LogP contribution in [0.25, 0.3) is 16.9 Å². The molecule has 1 N–H and O–H groups in total. The molecule has 1 aromatic carbocycles. The number of nitrogens with zero attached hydrogens (tertiary/aromatic N) is 6. The Labute approximate surface area is 185 Å². The minimum atomic E-state index is 0.286. The lowest BCUT2D eigenvalue weighted by molar-refractivity contribution is 0.0987. The minimum Gasteiger partial charge on any atom is -0.374 e. The van der Waals surface area contributed by atoms with Gasteiger partial charge in [-0.25, -0.2) is 4.98 Å². The number of aryl methyl sites for hydroxylation is 1. The molecule has 0 spiro atoms. The number of aromatic nitrogens is 4. The molecule has 8 heteroatoms.